The Morgan fingerprint density at radius 1 is 1.40 bits per heavy atom. The molecule has 1 aromatic heterocycles. The van der Waals surface area contributed by atoms with Gasteiger partial charge >= 0.3 is 6.03 Å². The van der Waals surface area contributed by atoms with Crippen LogP contribution in [0.5, 0.6) is 0 Å². The van der Waals surface area contributed by atoms with E-state index in [1.807, 2.05) is 19.1 Å². The molecule has 0 bridgehead atoms. The van der Waals surface area contributed by atoms with Gasteiger partial charge in [0.1, 0.15) is 0 Å². The summed E-state index contributed by atoms with van der Waals surface area (Å²) >= 11 is 0. The lowest BCUT2D eigenvalue weighted by molar-refractivity contribution is 0.241. The Kier molecular flexibility index (Phi) is 4.67. The van der Waals surface area contributed by atoms with Gasteiger partial charge in [-0.25, -0.2) is 9.48 Å². The summed E-state index contributed by atoms with van der Waals surface area (Å²) in [6.07, 6.45) is 3.87. The van der Waals surface area contributed by atoms with Gasteiger partial charge in [-0.2, -0.15) is 0 Å². The number of aliphatic hydroxyl groups is 1. The second-order valence-electron chi connectivity index (χ2n) is 4.41. The third-order valence-electron chi connectivity index (χ3n) is 2.75. The summed E-state index contributed by atoms with van der Waals surface area (Å²) in [5.74, 6) is 0. The highest BCUT2D eigenvalue weighted by atomic mass is 16.3. The first-order valence-corrected chi connectivity index (χ1v) is 6.34. The number of carbonyl (C=O) groups is 1. The maximum Gasteiger partial charge on any atom is 0.319 e. The van der Waals surface area contributed by atoms with E-state index in [0.717, 1.165) is 5.69 Å². The summed E-state index contributed by atoms with van der Waals surface area (Å²) in [5, 5.41) is 21.8. The zero-order chi connectivity index (χ0) is 14.4. The van der Waals surface area contributed by atoms with Crippen LogP contribution in [-0.2, 0) is 0 Å². The fourth-order valence-electron chi connectivity index (χ4n) is 1.70. The molecule has 1 heterocycles. The number of carbonyl (C=O) groups excluding carboxylic acids is 1. The zero-order valence-electron chi connectivity index (χ0n) is 11.2. The van der Waals surface area contributed by atoms with E-state index >= 15 is 0 Å². The molecule has 0 saturated heterocycles. The van der Waals surface area contributed by atoms with Crippen LogP contribution in [0.25, 0.3) is 5.69 Å². The molecule has 2 aromatic rings. The van der Waals surface area contributed by atoms with E-state index < -0.39 is 0 Å². The van der Waals surface area contributed by atoms with Crippen molar-refractivity contribution in [2.45, 2.75) is 19.4 Å². The van der Waals surface area contributed by atoms with Crippen LogP contribution in [0.2, 0.25) is 0 Å². The van der Waals surface area contributed by atoms with Crippen molar-refractivity contribution in [3.05, 3.63) is 36.7 Å². The topological polar surface area (TPSA) is 92.1 Å². The maximum atomic E-state index is 11.7. The number of nitrogens with one attached hydrogen (secondary N) is 2. The summed E-state index contributed by atoms with van der Waals surface area (Å²) in [4.78, 5) is 11.7. The molecule has 0 fully saturated rings. The van der Waals surface area contributed by atoms with E-state index in [4.69, 9.17) is 5.11 Å². The van der Waals surface area contributed by atoms with Gasteiger partial charge in [-0.3, -0.25) is 0 Å². The Hall–Kier alpha value is -2.41. The van der Waals surface area contributed by atoms with E-state index in [-0.39, 0.29) is 18.7 Å². The summed E-state index contributed by atoms with van der Waals surface area (Å²) in [7, 11) is 0. The van der Waals surface area contributed by atoms with Gasteiger partial charge < -0.3 is 15.7 Å². The van der Waals surface area contributed by atoms with E-state index in [9.17, 15) is 4.79 Å². The van der Waals surface area contributed by atoms with Crippen molar-refractivity contribution in [1.82, 2.24) is 20.3 Å². The molecule has 0 spiro atoms. The molecule has 0 saturated carbocycles. The lowest BCUT2D eigenvalue weighted by atomic mass is 10.2. The SMILES string of the molecule is C[C@H](CCO)NC(=O)Nc1ccc(-n2ccnn2)cc1. The highest BCUT2D eigenvalue weighted by molar-refractivity contribution is 5.89. The van der Waals surface area contributed by atoms with Crippen molar-refractivity contribution >= 4 is 11.7 Å². The summed E-state index contributed by atoms with van der Waals surface area (Å²) < 4.78 is 1.63. The third kappa shape index (κ3) is 3.79. The Bertz CT molecular complexity index is 538. The molecular weight excluding hydrogens is 258 g/mol. The summed E-state index contributed by atoms with van der Waals surface area (Å²) in [5.41, 5.74) is 1.55. The highest BCUT2D eigenvalue weighted by Gasteiger charge is 2.06. The Labute approximate surface area is 116 Å². The van der Waals surface area contributed by atoms with E-state index in [1.54, 1.807) is 29.2 Å². The lowest BCUT2D eigenvalue weighted by Crippen LogP contribution is -2.36. The lowest BCUT2D eigenvalue weighted by Gasteiger charge is -2.13. The molecule has 1 atom stereocenters. The monoisotopic (exact) mass is 275 g/mol. The number of urea groups is 1. The number of hydrogen-bond donors (Lipinski definition) is 3. The highest BCUT2D eigenvalue weighted by Crippen LogP contribution is 2.12. The normalized spacial score (nSPS) is 11.9. The van der Waals surface area contributed by atoms with E-state index in [0.29, 0.717) is 12.1 Å². The molecule has 2 rings (SSSR count). The van der Waals surface area contributed by atoms with Crippen molar-refractivity contribution in [2.24, 2.45) is 0 Å². The largest absolute Gasteiger partial charge is 0.396 e. The summed E-state index contributed by atoms with van der Waals surface area (Å²) in [6.45, 7) is 1.89. The summed E-state index contributed by atoms with van der Waals surface area (Å²) in [6, 6.07) is 6.87. The van der Waals surface area contributed by atoms with E-state index in [2.05, 4.69) is 20.9 Å². The molecule has 0 radical (unpaired) electrons. The van der Waals surface area contributed by atoms with Crippen LogP contribution in [0.15, 0.2) is 36.7 Å². The minimum atomic E-state index is -0.292. The van der Waals surface area contributed by atoms with Crippen LogP contribution in [0.1, 0.15) is 13.3 Å². The quantitative estimate of drug-likeness (QED) is 0.763. The average molecular weight is 275 g/mol. The number of rotatable bonds is 5. The smallest absolute Gasteiger partial charge is 0.319 e. The standard InChI is InChI=1S/C13H17N5O2/c1-10(6-9-19)15-13(20)16-11-2-4-12(5-3-11)18-8-7-14-17-18/h2-5,7-8,10,19H,6,9H2,1H3,(H2,15,16,20)/t10-/m1/s1. The van der Waals surface area contributed by atoms with Gasteiger partial charge in [0.15, 0.2) is 0 Å². The van der Waals surface area contributed by atoms with Gasteiger partial charge in [0.05, 0.1) is 18.1 Å². The first-order chi connectivity index (χ1) is 9.69. The fraction of sp³-hybridized carbons (Fsp3) is 0.308. The van der Waals surface area contributed by atoms with Crippen LogP contribution in [0.4, 0.5) is 10.5 Å². The first kappa shape index (κ1) is 14.0. The zero-order valence-corrected chi connectivity index (χ0v) is 11.2. The van der Waals surface area contributed by atoms with Crippen molar-refractivity contribution in [1.29, 1.82) is 0 Å². The molecule has 1 aromatic carbocycles. The molecule has 0 aliphatic carbocycles. The molecule has 2 amide bonds. The minimum absolute atomic E-state index is 0.0497. The van der Waals surface area contributed by atoms with Crippen molar-refractivity contribution in [3.63, 3.8) is 0 Å². The molecule has 0 aliphatic heterocycles. The number of nitrogens with zero attached hydrogens (tertiary/aromatic N) is 3. The second kappa shape index (κ2) is 6.67. The predicted molar refractivity (Wildman–Crippen MR) is 74.7 cm³/mol. The Morgan fingerprint density at radius 2 is 2.15 bits per heavy atom. The second-order valence-corrected chi connectivity index (χ2v) is 4.41. The van der Waals surface area contributed by atoms with Gasteiger partial charge in [-0.05, 0) is 37.6 Å². The molecular formula is C13H17N5O2. The number of benzene rings is 1. The van der Waals surface area contributed by atoms with Crippen LogP contribution in [0, 0.1) is 0 Å². The van der Waals surface area contributed by atoms with E-state index in [1.165, 1.54) is 0 Å². The number of amides is 2. The van der Waals surface area contributed by atoms with Crippen LogP contribution < -0.4 is 10.6 Å². The predicted octanol–water partition coefficient (Wildman–Crippen LogP) is 1.16. The van der Waals surface area contributed by atoms with Gasteiger partial charge in [0, 0.05) is 18.3 Å². The van der Waals surface area contributed by atoms with Gasteiger partial charge in [0.2, 0.25) is 0 Å². The third-order valence-corrected chi connectivity index (χ3v) is 2.75. The minimum Gasteiger partial charge on any atom is -0.396 e. The number of anilines is 1. The maximum absolute atomic E-state index is 11.7. The molecule has 0 aliphatic rings. The Balaban J connectivity index is 1.92. The molecule has 0 unspecified atom stereocenters. The van der Waals surface area contributed by atoms with Crippen LogP contribution in [-0.4, -0.2) is 38.8 Å². The van der Waals surface area contributed by atoms with Gasteiger partial charge in [0.25, 0.3) is 0 Å². The Morgan fingerprint density at radius 3 is 2.75 bits per heavy atom. The molecule has 7 nitrogen and oxygen atoms in total. The average Bonchev–Trinajstić information content (AvgIpc) is 2.93. The molecule has 7 heteroatoms. The van der Waals surface area contributed by atoms with Crippen molar-refractivity contribution in [2.75, 3.05) is 11.9 Å². The van der Waals surface area contributed by atoms with Gasteiger partial charge in [-0.1, -0.05) is 5.21 Å². The van der Waals surface area contributed by atoms with Crippen molar-refractivity contribution < 1.29 is 9.90 Å². The van der Waals surface area contributed by atoms with Crippen molar-refractivity contribution in [3.8, 4) is 5.69 Å². The number of aliphatic hydroxyl groups excluding tert-OH is 1. The number of hydrogen-bond acceptors (Lipinski definition) is 4. The van der Waals surface area contributed by atoms with Gasteiger partial charge in [-0.15, -0.1) is 5.10 Å². The van der Waals surface area contributed by atoms with Crippen LogP contribution >= 0.6 is 0 Å². The fourth-order valence-corrected chi connectivity index (χ4v) is 1.70. The molecule has 106 valence electrons. The number of aromatic nitrogens is 3. The first-order valence-electron chi connectivity index (χ1n) is 6.34. The van der Waals surface area contributed by atoms with Crippen LogP contribution in [0.3, 0.4) is 0 Å². The molecule has 20 heavy (non-hydrogen) atoms. The molecule has 3 N–H and O–H groups in total.